The largest absolute Gasteiger partial charge is 0.497 e. The van der Waals surface area contributed by atoms with Gasteiger partial charge in [0.25, 0.3) is 0 Å². The molecule has 0 saturated heterocycles. The lowest BCUT2D eigenvalue weighted by Crippen LogP contribution is -2.52. The van der Waals surface area contributed by atoms with Crippen molar-refractivity contribution in [3.63, 3.8) is 0 Å². The molecule has 2 amide bonds. The first-order chi connectivity index (χ1) is 17.0. The number of hydrogen-bond acceptors (Lipinski definition) is 6. The highest BCUT2D eigenvalue weighted by atomic mass is 35.5. The summed E-state index contributed by atoms with van der Waals surface area (Å²) in [6.07, 6.45) is 1.30. The molecule has 0 aliphatic rings. The van der Waals surface area contributed by atoms with Crippen molar-refractivity contribution in [3.05, 3.63) is 52.0 Å². The highest BCUT2D eigenvalue weighted by Crippen LogP contribution is 2.34. The number of methoxy groups -OCH3 is 2. The number of nitrogens with one attached hydrogen (secondary N) is 1. The third-order valence-electron chi connectivity index (χ3n) is 5.41. The van der Waals surface area contributed by atoms with Crippen LogP contribution in [-0.4, -0.2) is 64.7 Å². The smallest absolute Gasteiger partial charge is 0.244 e. The minimum absolute atomic E-state index is 0.0121. The van der Waals surface area contributed by atoms with Crippen LogP contribution in [0.2, 0.25) is 10.0 Å². The number of ether oxygens (including phenoxy) is 2. The zero-order chi connectivity index (χ0) is 27.0. The van der Waals surface area contributed by atoms with Gasteiger partial charge in [-0.05, 0) is 43.2 Å². The second-order valence-corrected chi connectivity index (χ2v) is 10.6. The van der Waals surface area contributed by atoms with Crippen LogP contribution in [0, 0.1) is 0 Å². The van der Waals surface area contributed by atoms with E-state index in [9.17, 15) is 18.0 Å². The van der Waals surface area contributed by atoms with Crippen molar-refractivity contribution >= 4 is 50.7 Å². The zero-order valence-electron chi connectivity index (χ0n) is 20.9. The molecule has 12 heteroatoms. The van der Waals surface area contributed by atoms with Crippen molar-refractivity contribution in [1.82, 2.24) is 10.2 Å². The number of nitrogens with zero attached hydrogens (tertiary/aromatic N) is 2. The summed E-state index contributed by atoms with van der Waals surface area (Å²) in [6.45, 7) is 3.36. The maximum atomic E-state index is 13.7. The fourth-order valence-electron chi connectivity index (χ4n) is 3.63. The van der Waals surface area contributed by atoms with Gasteiger partial charge >= 0.3 is 0 Å². The molecule has 0 saturated carbocycles. The molecule has 1 atom stereocenters. The first-order valence-electron chi connectivity index (χ1n) is 11.2. The molecule has 0 aliphatic heterocycles. The molecule has 0 fully saturated rings. The first kappa shape index (κ1) is 29.5. The van der Waals surface area contributed by atoms with E-state index in [2.05, 4.69) is 5.32 Å². The number of anilines is 1. The summed E-state index contributed by atoms with van der Waals surface area (Å²) in [5.41, 5.74) is 0.763. The number of halogens is 2. The molecule has 0 heterocycles. The molecular formula is C24H31Cl2N3O6S. The van der Waals surface area contributed by atoms with Crippen LogP contribution in [0.5, 0.6) is 11.5 Å². The van der Waals surface area contributed by atoms with Crippen LogP contribution in [0.4, 0.5) is 5.69 Å². The number of likely N-dealkylation sites (N-methyl/N-ethyl adjacent to an activating group) is 1. The predicted octanol–water partition coefficient (Wildman–Crippen LogP) is 3.72. The van der Waals surface area contributed by atoms with Crippen LogP contribution >= 0.6 is 23.2 Å². The second-order valence-electron chi connectivity index (χ2n) is 7.90. The fraction of sp³-hybridized carbons (Fsp3) is 0.417. The Balaban J connectivity index is 2.54. The molecule has 1 N–H and O–H groups in total. The average Bonchev–Trinajstić information content (AvgIpc) is 2.83. The second kappa shape index (κ2) is 13.0. The highest BCUT2D eigenvalue weighted by molar-refractivity contribution is 7.92. The predicted molar refractivity (Wildman–Crippen MR) is 142 cm³/mol. The Morgan fingerprint density at radius 1 is 1.03 bits per heavy atom. The van der Waals surface area contributed by atoms with Gasteiger partial charge in [-0.25, -0.2) is 8.42 Å². The van der Waals surface area contributed by atoms with E-state index in [4.69, 9.17) is 32.7 Å². The molecule has 9 nitrogen and oxygen atoms in total. The summed E-state index contributed by atoms with van der Waals surface area (Å²) < 4.78 is 37.2. The van der Waals surface area contributed by atoms with E-state index in [1.807, 2.05) is 0 Å². The average molecular weight is 561 g/mol. The number of carbonyl (C=O) groups excluding carboxylic acids is 2. The molecule has 2 rings (SSSR count). The van der Waals surface area contributed by atoms with Crippen LogP contribution in [0.25, 0.3) is 0 Å². The molecule has 2 aromatic rings. The minimum atomic E-state index is -3.94. The van der Waals surface area contributed by atoms with Gasteiger partial charge in [0.2, 0.25) is 21.8 Å². The van der Waals surface area contributed by atoms with E-state index in [0.29, 0.717) is 34.3 Å². The molecule has 0 radical (unpaired) electrons. The van der Waals surface area contributed by atoms with Crippen molar-refractivity contribution in [2.75, 3.05) is 37.9 Å². The molecular weight excluding hydrogens is 529 g/mol. The highest BCUT2D eigenvalue weighted by Gasteiger charge is 2.32. The standard InChI is InChI=1S/C24H31Cl2N3O6S/c1-6-20(24(31)27-7-2)28(14-16-8-10-18(25)19(26)12-16)23(30)15-29(36(5,32)33)21-13-17(34-3)9-11-22(21)35-4/h8-13,20H,6-7,14-15H2,1-5H3,(H,27,31). The summed E-state index contributed by atoms with van der Waals surface area (Å²) in [6, 6.07) is 8.68. The SMILES string of the molecule is CCNC(=O)C(CC)N(Cc1ccc(Cl)c(Cl)c1)C(=O)CN(c1cc(OC)ccc1OC)S(C)(=O)=O. The first-order valence-corrected chi connectivity index (χ1v) is 13.8. The Kier molecular flexibility index (Phi) is 10.7. The van der Waals surface area contributed by atoms with E-state index < -0.39 is 28.5 Å². The summed E-state index contributed by atoms with van der Waals surface area (Å²) in [5, 5.41) is 3.39. The van der Waals surface area contributed by atoms with Crippen LogP contribution in [0.3, 0.4) is 0 Å². The third kappa shape index (κ3) is 7.41. The lowest BCUT2D eigenvalue weighted by atomic mass is 10.1. The van der Waals surface area contributed by atoms with Gasteiger partial charge in [0.05, 0.1) is 36.2 Å². The monoisotopic (exact) mass is 559 g/mol. The van der Waals surface area contributed by atoms with Gasteiger partial charge in [-0.2, -0.15) is 0 Å². The van der Waals surface area contributed by atoms with Crippen molar-refractivity contribution in [3.8, 4) is 11.5 Å². The van der Waals surface area contributed by atoms with Crippen LogP contribution in [0.1, 0.15) is 25.8 Å². The van der Waals surface area contributed by atoms with Gasteiger partial charge in [0.15, 0.2) is 0 Å². The van der Waals surface area contributed by atoms with Gasteiger partial charge in [-0.1, -0.05) is 36.2 Å². The molecule has 1 unspecified atom stereocenters. The Hall–Kier alpha value is -2.69. The van der Waals surface area contributed by atoms with Crippen LogP contribution in [0.15, 0.2) is 36.4 Å². The van der Waals surface area contributed by atoms with Crippen molar-refractivity contribution in [2.24, 2.45) is 0 Å². The number of sulfonamides is 1. The number of amides is 2. The molecule has 0 spiro atoms. The molecule has 36 heavy (non-hydrogen) atoms. The Morgan fingerprint density at radius 2 is 1.72 bits per heavy atom. The lowest BCUT2D eigenvalue weighted by molar-refractivity contribution is -0.140. The topological polar surface area (TPSA) is 105 Å². The normalized spacial score (nSPS) is 12.0. The fourth-order valence-corrected chi connectivity index (χ4v) is 4.80. The summed E-state index contributed by atoms with van der Waals surface area (Å²) in [4.78, 5) is 27.9. The van der Waals surface area contributed by atoms with Crippen molar-refractivity contribution in [1.29, 1.82) is 0 Å². The number of benzene rings is 2. The Morgan fingerprint density at radius 3 is 2.25 bits per heavy atom. The van der Waals surface area contributed by atoms with E-state index in [1.54, 1.807) is 44.2 Å². The van der Waals surface area contributed by atoms with Crippen molar-refractivity contribution < 1.29 is 27.5 Å². The van der Waals surface area contributed by atoms with E-state index in [-0.39, 0.29) is 23.9 Å². The Labute approximate surface area is 222 Å². The zero-order valence-corrected chi connectivity index (χ0v) is 23.2. The lowest BCUT2D eigenvalue weighted by Gasteiger charge is -2.33. The number of rotatable bonds is 12. The van der Waals surface area contributed by atoms with Crippen molar-refractivity contribution in [2.45, 2.75) is 32.9 Å². The van der Waals surface area contributed by atoms with Gasteiger partial charge in [-0.3, -0.25) is 13.9 Å². The van der Waals surface area contributed by atoms with E-state index >= 15 is 0 Å². The van der Waals surface area contributed by atoms with E-state index in [1.165, 1.54) is 25.2 Å². The van der Waals surface area contributed by atoms with Gasteiger partial charge in [0.1, 0.15) is 24.1 Å². The summed E-state index contributed by atoms with van der Waals surface area (Å²) in [7, 11) is -1.10. The maximum Gasteiger partial charge on any atom is 0.244 e. The third-order valence-corrected chi connectivity index (χ3v) is 7.27. The van der Waals surface area contributed by atoms with Gasteiger partial charge in [-0.15, -0.1) is 0 Å². The molecule has 198 valence electrons. The summed E-state index contributed by atoms with van der Waals surface area (Å²) in [5.74, 6) is -0.318. The molecule has 0 bridgehead atoms. The Bertz CT molecular complexity index is 1190. The van der Waals surface area contributed by atoms with Crippen LogP contribution in [-0.2, 0) is 26.2 Å². The molecule has 0 aliphatic carbocycles. The van der Waals surface area contributed by atoms with Gasteiger partial charge in [0, 0.05) is 19.2 Å². The molecule has 2 aromatic carbocycles. The maximum absolute atomic E-state index is 13.7. The van der Waals surface area contributed by atoms with Crippen LogP contribution < -0.4 is 19.1 Å². The number of hydrogen-bond donors (Lipinski definition) is 1. The molecule has 0 aromatic heterocycles. The quantitative estimate of drug-likeness (QED) is 0.425. The summed E-state index contributed by atoms with van der Waals surface area (Å²) >= 11 is 12.2. The van der Waals surface area contributed by atoms with E-state index in [0.717, 1.165) is 10.6 Å². The number of carbonyl (C=O) groups is 2. The minimum Gasteiger partial charge on any atom is -0.497 e. The van der Waals surface area contributed by atoms with Gasteiger partial charge < -0.3 is 19.7 Å².